The van der Waals surface area contributed by atoms with Crippen LogP contribution >= 0.6 is 23.2 Å². The number of benzene rings is 1. The molecular weight excluding hydrogens is 345 g/mol. The molecule has 0 radical (unpaired) electrons. The van der Waals surface area contributed by atoms with Gasteiger partial charge in [-0.25, -0.2) is 0 Å². The van der Waals surface area contributed by atoms with E-state index < -0.39 is 0 Å². The SMILES string of the molecule is COCCC(Cc1c(Cl)cccc1Cl)C(=O)N(C)C1CCCCC1. The molecule has 1 aliphatic rings. The van der Waals surface area contributed by atoms with Crippen molar-refractivity contribution in [3.8, 4) is 0 Å². The molecule has 134 valence electrons. The van der Waals surface area contributed by atoms with Crippen LogP contribution in [0, 0.1) is 5.92 Å². The third-order valence-corrected chi connectivity index (χ3v) is 5.71. The summed E-state index contributed by atoms with van der Waals surface area (Å²) in [4.78, 5) is 15.0. The molecular formula is C19H27Cl2NO2. The fraction of sp³-hybridized carbons (Fsp3) is 0.632. The lowest BCUT2D eigenvalue weighted by molar-refractivity contribution is -0.137. The van der Waals surface area contributed by atoms with Crippen LogP contribution in [0.2, 0.25) is 10.0 Å². The molecule has 1 saturated carbocycles. The van der Waals surface area contributed by atoms with Gasteiger partial charge in [0, 0.05) is 42.8 Å². The van der Waals surface area contributed by atoms with Crippen molar-refractivity contribution in [2.24, 2.45) is 5.92 Å². The van der Waals surface area contributed by atoms with Gasteiger partial charge in [-0.3, -0.25) is 4.79 Å². The number of rotatable bonds is 7. The molecule has 1 unspecified atom stereocenters. The van der Waals surface area contributed by atoms with Crippen LogP contribution in [-0.2, 0) is 16.0 Å². The van der Waals surface area contributed by atoms with E-state index in [1.165, 1.54) is 19.3 Å². The third kappa shape index (κ3) is 5.11. The Morgan fingerprint density at radius 2 is 1.88 bits per heavy atom. The Balaban J connectivity index is 2.12. The molecule has 0 aromatic heterocycles. The molecule has 0 spiro atoms. The fourth-order valence-corrected chi connectivity index (χ4v) is 4.03. The number of hydrogen-bond donors (Lipinski definition) is 0. The number of carbonyl (C=O) groups is 1. The Morgan fingerprint density at radius 3 is 2.46 bits per heavy atom. The van der Waals surface area contributed by atoms with E-state index in [9.17, 15) is 4.79 Å². The van der Waals surface area contributed by atoms with Gasteiger partial charge in [0.25, 0.3) is 0 Å². The maximum Gasteiger partial charge on any atom is 0.226 e. The largest absolute Gasteiger partial charge is 0.385 e. The molecule has 5 heteroatoms. The van der Waals surface area contributed by atoms with Crippen molar-refractivity contribution in [2.45, 2.75) is 51.0 Å². The summed E-state index contributed by atoms with van der Waals surface area (Å²) in [5.74, 6) is 0.0178. The van der Waals surface area contributed by atoms with Crippen LogP contribution in [0.25, 0.3) is 0 Å². The summed E-state index contributed by atoms with van der Waals surface area (Å²) in [6, 6.07) is 5.84. The molecule has 1 aliphatic carbocycles. The minimum Gasteiger partial charge on any atom is -0.385 e. The normalized spacial score (nSPS) is 16.8. The van der Waals surface area contributed by atoms with Gasteiger partial charge < -0.3 is 9.64 Å². The molecule has 0 aliphatic heterocycles. The van der Waals surface area contributed by atoms with Crippen molar-refractivity contribution in [2.75, 3.05) is 20.8 Å². The molecule has 0 bridgehead atoms. The van der Waals surface area contributed by atoms with Crippen molar-refractivity contribution < 1.29 is 9.53 Å². The van der Waals surface area contributed by atoms with E-state index in [0.717, 1.165) is 18.4 Å². The quantitative estimate of drug-likeness (QED) is 0.676. The Bertz CT molecular complexity index is 524. The van der Waals surface area contributed by atoms with Crippen molar-refractivity contribution in [3.05, 3.63) is 33.8 Å². The average Bonchev–Trinajstić information content (AvgIpc) is 2.60. The first-order valence-electron chi connectivity index (χ1n) is 8.73. The first-order chi connectivity index (χ1) is 11.5. The van der Waals surface area contributed by atoms with Crippen LogP contribution in [-0.4, -0.2) is 37.6 Å². The predicted molar refractivity (Wildman–Crippen MR) is 99.8 cm³/mol. The minimum atomic E-state index is -0.158. The lowest BCUT2D eigenvalue weighted by Gasteiger charge is -2.34. The van der Waals surface area contributed by atoms with Crippen LogP contribution in [0.1, 0.15) is 44.1 Å². The Labute approximate surface area is 155 Å². The molecule has 1 aromatic rings. The van der Waals surface area contributed by atoms with Gasteiger partial charge in [-0.1, -0.05) is 48.5 Å². The molecule has 1 aromatic carbocycles. The number of ether oxygens (including phenoxy) is 1. The summed E-state index contributed by atoms with van der Waals surface area (Å²) < 4.78 is 5.21. The predicted octanol–water partition coefficient (Wildman–Crippen LogP) is 4.98. The first-order valence-corrected chi connectivity index (χ1v) is 9.48. The molecule has 0 heterocycles. The van der Waals surface area contributed by atoms with Gasteiger partial charge in [-0.15, -0.1) is 0 Å². The van der Waals surface area contributed by atoms with Crippen LogP contribution in [0.4, 0.5) is 0 Å². The molecule has 3 nitrogen and oxygen atoms in total. The van der Waals surface area contributed by atoms with Crippen LogP contribution < -0.4 is 0 Å². The van der Waals surface area contributed by atoms with Gasteiger partial charge in [0.05, 0.1) is 0 Å². The van der Waals surface area contributed by atoms with Gasteiger partial charge >= 0.3 is 0 Å². The first kappa shape index (κ1) is 19.6. The second-order valence-electron chi connectivity index (χ2n) is 6.62. The minimum absolute atomic E-state index is 0.158. The van der Waals surface area contributed by atoms with E-state index in [4.69, 9.17) is 27.9 Å². The molecule has 0 saturated heterocycles. The van der Waals surface area contributed by atoms with E-state index in [0.29, 0.717) is 35.5 Å². The van der Waals surface area contributed by atoms with Crippen LogP contribution in [0.3, 0.4) is 0 Å². The van der Waals surface area contributed by atoms with Gasteiger partial charge in [0.2, 0.25) is 5.91 Å². The van der Waals surface area contributed by atoms with E-state index in [1.54, 1.807) is 7.11 Å². The summed E-state index contributed by atoms with van der Waals surface area (Å²) in [5.41, 5.74) is 0.854. The van der Waals surface area contributed by atoms with Crippen LogP contribution in [0.5, 0.6) is 0 Å². The zero-order chi connectivity index (χ0) is 17.5. The highest BCUT2D eigenvalue weighted by Gasteiger charge is 2.28. The number of carbonyl (C=O) groups excluding carboxylic acids is 1. The van der Waals surface area contributed by atoms with Gasteiger partial charge in [-0.2, -0.15) is 0 Å². The average molecular weight is 372 g/mol. The highest BCUT2D eigenvalue weighted by atomic mass is 35.5. The third-order valence-electron chi connectivity index (χ3n) is 5.00. The topological polar surface area (TPSA) is 29.5 Å². The standard InChI is InChI=1S/C19H27Cl2NO2/c1-22(15-7-4-3-5-8-15)19(23)14(11-12-24-2)13-16-17(20)9-6-10-18(16)21/h6,9-10,14-15H,3-5,7-8,11-13H2,1-2H3. The maximum absolute atomic E-state index is 13.1. The molecule has 1 fully saturated rings. The van der Waals surface area contributed by atoms with Crippen molar-refractivity contribution in [1.82, 2.24) is 4.90 Å². The fourth-order valence-electron chi connectivity index (χ4n) is 3.48. The smallest absolute Gasteiger partial charge is 0.226 e. The molecule has 0 N–H and O–H groups in total. The second kappa shape index (κ2) is 9.65. The summed E-state index contributed by atoms with van der Waals surface area (Å²) in [7, 11) is 3.60. The number of amides is 1. The van der Waals surface area contributed by atoms with E-state index >= 15 is 0 Å². The Hall–Kier alpha value is -0.770. The van der Waals surface area contributed by atoms with Gasteiger partial charge in [-0.05, 0) is 43.4 Å². The van der Waals surface area contributed by atoms with Gasteiger partial charge in [0.1, 0.15) is 0 Å². The summed E-state index contributed by atoms with van der Waals surface area (Å²) in [6.45, 7) is 0.553. The second-order valence-corrected chi connectivity index (χ2v) is 7.44. The van der Waals surface area contributed by atoms with Crippen LogP contribution in [0.15, 0.2) is 18.2 Å². The zero-order valence-corrected chi connectivity index (χ0v) is 16.1. The summed E-state index contributed by atoms with van der Waals surface area (Å²) in [5, 5.41) is 1.25. The van der Waals surface area contributed by atoms with Crippen molar-refractivity contribution >= 4 is 29.1 Å². The molecule has 1 amide bonds. The summed E-state index contributed by atoms with van der Waals surface area (Å²) >= 11 is 12.6. The molecule has 1 atom stereocenters. The highest BCUT2D eigenvalue weighted by molar-refractivity contribution is 6.36. The van der Waals surface area contributed by atoms with Gasteiger partial charge in [0.15, 0.2) is 0 Å². The zero-order valence-electron chi connectivity index (χ0n) is 14.6. The van der Waals surface area contributed by atoms with E-state index in [1.807, 2.05) is 30.1 Å². The molecule has 2 rings (SSSR count). The number of halogens is 2. The van der Waals surface area contributed by atoms with Crippen molar-refractivity contribution in [1.29, 1.82) is 0 Å². The lowest BCUT2D eigenvalue weighted by Crippen LogP contribution is -2.42. The maximum atomic E-state index is 13.1. The van der Waals surface area contributed by atoms with Crippen molar-refractivity contribution in [3.63, 3.8) is 0 Å². The van der Waals surface area contributed by atoms with E-state index in [-0.39, 0.29) is 11.8 Å². The Morgan fingerprint density at radius 1 is 1.25 bits per heavy atom. The number of hydrogen-bond acceptors (Lipinski definition) is 2. The molecule has 24 heavy (non-hydrogen) atoms. The summed E-state index contributed by atoms with van der Waals surface area (Å²) in [6.07, 6.45) is 7.13. The Kier molecular flexibility index (Phi) is 7.86. The monoisotopic (exact) mass is 371 g/mol. The number of nitrogens with zero attached hydrogens (tertiary/aromatic N) is 1. The number of methoxy groups -OCH3 is 1. The van der Waals surface area contributed by atoms with E-state index in [2.05, 4.69) is 0 Å². The lowest BCUT2D eigenvalue weighted by atomic mass is 9.91. The highest BCUT2D eigenvalue weighted by Crippen LogP contribution is 2.30.